The van der Waals surface area contributed by atoms with Crippen LogP contribution in [-0.4, -0.2) is 44.4 Å². The van der Waals surface area contributed by atoms with Crippen molar-refractivity contribution in [3.05, 3.63) is 33.8 Å². The van der Waals surface area contributed by atoms with Crippen LogP contribution in [0.25, 0.3) is 11.3 Å². The average molecular weight is 480 g/mol. The van der Waals surface area contributed by atoms with Crippen LogP contribution in [0, 0.1) is 15.9 Å². The van der Waals surface area contributed by atoms with E-state index in [1.165, 1.54) is 3.57 Å². The first-order valence-electron chi connectivity index (χ1n) is 9.30. The molecular formula is C20H25IN4O2. The van der Waals surface area contributed by atoms with Crippen LogP contribution in [-0.2, 0) is 4.74 Å². The monoisotopic (exact) mass is 480 g/mol. The van der Waals surface area contributed by atoms with Crippen molar-refractivity contribution in [2.75, 3.05) is 13.1 Å². The third-order valence-corrected chi connectivity index (χ3v) is 6.63. The first kappa shape index (κ1) is 18.7. The summed E-state index contributed by atoms with van der Waals surface area (Å²) >= 11 is 2.38. The Morgan fingerprint density at radius 2 is 2.04 bits per heavy atom. The highest BCUT2D eigenvalue weighted by Crippen LogP contribution is 2.55. The fourth-order valence-electron chi connectivity index (χ4n) is 4.14. The Bertz CT molecular complexity index is 858. The molecule has 1 amide bonds. The van der Waals surface area contributed by atoms with E-state index in [4.69, 9.17) is 9.84 Å². The van der Waals surface area contributed by atoms with E-state index in [1.807, 2.05) is 37.9 Å². The molecule has 1 saturated carbocycles. The van der Waals surface area contributed by atoms with Crippen LogP contribution in [0.3, 0.4) is 0 Å². The van der Waals surface area contributed by atoms with Crippen LogP contribution in [0.1, 0.15) is 45.3 Å². The molecular weight excluding hydrogens is 455 g/mol. The smallest absolute Gasteiger partial charge is 0.410 e. The number of ether oxygens (including phenoxy) is 1. The number of likely N-dealkylation sites (tertiary alicyclic amines) is 1. The van der Waals surface area contributed by atoms with Gasteiger partial charge in [-0.15, -0.1) is 0 Å². The minimum absolute atomic E-state index is 0.197. The van der Waals surface area contributed by atoms with Crippen molar-refractivity contribution in [2.24, 2.45) is 5.41 Å². The predicted molar refractivity (Wildman–Crippen MR) is 111 cm³/mol. The fraction of sp³-hybridized carbons (Fsp3) is 0.550. The zero-order valence-corrected chi connectivity index (χ0v) is 18.4. The summed E-state index contributed by atoms with van der Waals surface area (Å²) in [4.78, 5) is 18.3. The number of hydrogen-bond acceptors (Lipinski definition) is 4. The number of carbonyl (C=O) groups is 1. The van der Waals surface area contributed by atoms with Crippen molar-refractivity contribution in [3.8, 4) is 11.3 Å². The topological polar surface area (TPSA) is 60.2 Å². The molecule has 0 aromatic carbocycles. The molecule has 4 rings (SSSR count). The van der Waals surface area contributed by atoms with Gasteiger partial charge in [-0.1, -0.05) is 0 Å². The number of rotatable bonds is 2. The van der Waals surface area contributed by atoms with Crippen LogP contribution >= 0.6 is 22.6 Å². The number of hydrogen-bond donors (Lipinski definition) is 0. The first-order chi connectivity index (χ1) is 12.7. The van der Waals surface area contributed by atoms with E-state index < -0.39 is 5.60 Å². The molecule has 1 saturated heterocycles. The van der Waals surface area contributed by atoms with Gasteiger partial charge in [0, 0.05) is 36.5 Å². The van der Waals surface area contributed by atoms with Crippen LogP contribution in [0.2, 0.25) is 0 Å². The van der Waals surface area contributed by atoms with Gasteiger partial charge >= 0.3 is 6.09 Å². The lowest BCUT2D eigenvalue weighted by molar-refractivity contribution is -0.0925. The van der Waals surface area contributed by atoms with E-state index >= 15 is 0 Å². The van der Waals surface area contributed by atoms with E-state index in [0.717, 1.165) is 42.9 Å². The molecule has 1 aliphatic carbocycles. The van der Waals surface area contributed by atoms with Gasteiger partial charge in [0.05, 0.1) is 21.0 Å². The van der Waals surface area contributed by atoms with Gasteiger partial charge in [-0.25, -0.2) is 4.79 Å². The van der Waals surface area contributed by atoms with Crippen molar-refractivity contribution in [1.29, 1.82) is 0 Å². The van der Waals surface area contributed by atoms with Crippen LogP contribution in [0.15, 0.2) is 24.5 Å². The maximum atomic E-state index is 12.2. The third kappa shape index (κ3) is 3.46. The summed E-state index contributed by atoms with van der Waals surface area (Å²) in [7, 11) is 0. The lowest BCUT2D eigenvalue weighted by Gasteiger charge is -2.58. The minimum Gasteiger partial charge on any atom is -0.444 e. The van der Waals surface area contributed by atoms with E-state index in [-0.39, 0.29) is 11.5 Å². The molecule has 7 heteroatoms. The molecule has 3 heterocycles. The van der Waals surface area contributed by atoms with Gasteiger partial charge in [0.2, 0.25) is 0 Å². The molecule has 0 atom stereocenters. The maximum Gasteiger partial charge on any atom is 0.410 e. The Labute approximate surface area is 173 Å². The summed E-state index contributed by atoms with van der Waals surface area (Å²) in [6, 6.07) is 4.43. The minimum atomic E-state index is -0.441. The summed E-state index contributed by atoms with van der Waals surface area (Å²) in [5.41, 5.74) is 3.11. The number of aromatic nitrogens is 3. The summed E-state index contributed by atoms with van der Waals surface area (Å²) in [6.07, 6.45) is 5.60. The van der Waals surface area contributed by atoms with E-state index in [1.54, 1.807) is 6.20 Å². The molecule has 2 aliphatic rings. The number of carbonyl (C=O) groups excluding carboxylic acids is 1. The van der Waals surface area contributed by atoms with Crippen molar-refractivity contribution in [2.45, 2.75) is 52.2 Å². The molecule has 27 heavy (non-hydrogen) atoms. The molecule has 2 aromatic rings. The normalized spacial score (nSPS) is 18.9. The van der Waals surface area contributed by atoms with E-state index in [0.29, 0.717) is 6.04 Å². The lowest BCUT2D eigenvalue weighted by Crippen LogP contribution is -2.64. The molecule has 144 valence electrons. The number of aryl methyl sites for hydroxylation is 1. The molecule has 6 nitrogen and oxygen atoms in total. The SMILES string of the molecule is Cc1nn(C2CC3(C2)CN(C(=O)OC(C)(C)C)C3)c(-c2cccnc2)c1I. The van der Waals surface area contributed by atoms with Gasteiger partial charge in [0.1, 0.15) is 5.60 Å². The largest absolute Gasteiger partial charge is 0.444 e. The molecule has 0 bridgehead atoms. The average Bonchev–Trinajstić information content (AvgIpc) is 2.79. The second kappa shape index (κ2) is 6.46. The molecule has 1 aliphatic heterocycles. The van der Waals surface area contributed by atoms with E-state index in [2.05, 4.69) is 45.2 Å². The quantitative estimate of drug-likeness (QED) is 0.597. The second-order valence-electron chi connectivity index (χ2n) is 8.83. The number of amides is 1. The van der Waals surface area contributed by atoms with Crippen LogP contribution in [0.5, 0.6) is 0 Å². The second-order valence-corrected chi connectivity index (χ2v) is 9.91. The van der Waals surface area contributed by atoms with Gasteiger partial charge in [0.15, 0.2) is 0 Å². The van der Waals surface area contributed by atoms with E-state index in [9.17, 15) is 4.79 Å². The first-order valence-corrected chi connectivity index (χ1v) is 10.4. The third-order valence-electron chi connectivity index (χ3n) is 5.33. The standard InChI is InChI=1S/C20H25IN4O2/c1-13-16(21)17(14-6-5-7-22-10-14)25(23-13)15-8-20(9-15)11-24(12-20)18(26)27-19(2,3)4/h5-7,10,15H,8-9,11-12H2,1-4H3. The highest BCUT2D eigenvalue weighted by atomic mass is 127. The van der Waals surface area contributed by atoms with Crippen LogP contribution in [0.4, 0.5) is 4.79 Å². The lowest BCUT2D eigenvalue weighted by atomic mass is 9.60. The van der Waals surface area contributed by atoms with Gasteiger partial charge in [-0.05, 0) is 75.3 Å². The molecule has 0 unspecified atom stereocenters. The van der Waals surface area contributed by atoms with Gasteiger partial charge in [-0.3, -0.25) is 9.67 Å². The van der Waals surface area contributed by atoms with Crippen molar-refractivity contribution in [1.82, 2.24) is 19.7 Å². The molecule has 2 fully saturated rings. The van der Waals surface area contributed by atoms with Crippen molar-refractivity contribution < 1.29 is 9.53 Å². The Morgan fingerprint density at radius 1 is 1.33 bits per heavy atom. The highest BCUT2D eigenvalue weighted by Gasteiger charge is 2.55. The molecule has 2 aromatic heterocycles. The summed E-state index contributed by atoms with van der Waals surface area (Å²) < 4.78 is 8.83. The van der Waals surface area contributed by atoms with Crippen molar-refractivity contribution >= 4 is 28.7 Å². The zero-order valence-electron chi connectivity index (χ0n) is 16.2. The Hall–Kier alpha value is -1.64. The number of nitrogens with zero attached hydrogens (tertiary/aromatic N) is 4. The zero-order chi connectivity index (χ0) is 19.4. The molecule has 1 spiro atoms. The van der Waals surface area contributed by atoms with Crippen LogP contribution < -0.4 is 0 Å². The molecule has 0 N–H and O–H groups in total. The fourth-order valence-corrected chi connectivity index (χ4v) is 4.81. The van der Waals surface area contributed by atoms with Gasteiger partial charge < -0.3 is 9.64 Å². The highest BCUT2D eigenvalue weighted by molar-refractivity contribution is 14.1. The van der Waals surface area contributed by atoms with Crippen molar-refractivity contribution in [3.63, 3.8) is 0 Å². The predicted octanol–water partition coefficient (Wildman–Crippen LogP) is 4.43. The Balaban J connectivity index is 1.44. The van der Waals surface area contributed by atoms with Gasteiger partial charge in [0.25, 0.3) is 0 Å². The number of halogens is 1. The maximum absolute atomic E-state index is 12.2. The van der Waals surface area contributed by atoms with Gasteiger partial charge in [-0.2, -0.15) is 5.10 Å². The molecule has 0 radical (unpaired) electrons. The Morgan fingerprint density at radius 3 is 2.63 bits per heavy atom. The summed E-state index contributed by atoms with van der Waals surface area (Å²) in [5.74, 6) is 0. The summed E-state index contributed by atoms with van der Waals surface area (Å²) in [6.45, 7) is 9.35. The summed E-state index contributed by atoms with van der Waals surface area (Å²) in [5, 5.41) is 4.81. The Kier molecular flexibility index (Phi) is 4.48. The number of pyridine rings is 1.